The molecular formula is C11H15N3O5. The fraction of sp³-hybridized carbons (Fsp3) is 0.545. The van der Waals surface area contributed by atoms with Crippen LogP contribution in [-0.2, 0) is 9.53 Å². The van der Waals surface area contributed by atoms with E-state index in [2.05, 4.69) is 9.72 Å². The van der Waals surface area contributed by atoms with Gasteiger partial charge in [0.25, 0.3) is 0 Å². The first-order chi connectivity index (χ1) is 9.01. The van der Waals surface area contributed by atoms with Gasteiger partial charge in [0.05, 0.1) is 18.2 Å². The van der Waals surface area contributed by atoms with Gasteiger partial charge < -0.3 is 4.74 Å². The Hall–Kier alpha value is -2.25. The molecule has 0 spiro atoms. The third-order valence-corrected chi connectivity index (χ3v) is 2.65. The number of carbonyl (C=O) groups is 1. The summed E-state index contributed by atoms with van der Waals surface area (Å²) in [7, 11) is 1.21. The van der Waals surface area contributed by atoms with Crippen molar-refractivity contribution < 1.29 is 14.5 Å². The Balaban J connectivity index is 3.20. The molecule has 0 fully saturated rings. The van der Waals surface area contributed by atoms with Gasteiger partial charge in [-0.25, -0.2) is 9.59 Å². The maximum atomic E-state index is 11.7. The van der Waals surface area contributed by atoms with Gasteiger partial charge in [0, 0.05) is 0 Å². The molecule has 1 heterocycles. The summed E-state index contributed by atoms with van der Waals surface area (Å²) in [6.45, 7) is 1.93. The van der Waals surface area contributed by atoms with Crippen LogP contribution in [0, 0.1) is 10.1 Å². The van der Waals surface area contributed by atoms with E-state index in [4.69, 9.17) is 0 Å². The second-order valence-corrected chi connectivity index (χ2v) is 3.94. The van der Waals surface area contributed by atoms with Crippen molar-refractivity contribution in [2.24, 2.45) is 0 Å². The maximum Gasteiger partial charge on any atom is 0.348 e. The Morgan fingerprint density at radius 2 is 2.32 bits per heavy atom. The van der Waals surface area contributed by atoms with Crippen LogP contribution < -0.4 is 5.69 Å². The molecule has 8 heteroatoms. The van der Waals surface area contributed by atoms with E-state index < -0.39 is 22.6 Å². The Morgan fingerprint density at radius 3 is 2.84 bits per heavy atom. The van der Waals surface area contributed by atoms with Crippen molar-refractivity contribution >= 4 is 11.7 Å². The highest BCUT2D eigenvalue weighted by Crippen LogP contribution is 2.17. The molecule has 1 aromatic heterocycles. The summed E-state index contributed by atoms with van der Waals surface area (Å²) in [5, 5.41) is 10.7. The standard InChI is InChI=1S/C11H15N3O5/c1-3-4-5-9(10(15)19-2)13-7-8(14(17)18)6-12-11(13)16/h6-7,9H,3-5H2,1-2H3. The molecule has 0 aromatic carbocycles. The summed E-state index contributed by atoms with van der Waals surface area (Å²) in [6, 6.07) is -0.884. The molecule has 1 unspecified atom stereocenters. The monoisotopic (exact) mass is 269 g/mol. The number of nitrogens with zero attached hydrogens (tertiary/aromatic N) is 3. The van der Waals surface area contributed by atoms with E-state index in [9.17, 15) is 19.7 Å². The average Bonchev–Trinajstić information content (AvgIpc) is 2.40. The van der Waals surface area contributed by atoms with Gasteiger partial charge >= 0.3 is 17.3 Å². The third kappa shape index (κ3) is 3.60. The molecule has 1 rings (SSSR count). The molecule has 1 atom stereocenters. The molecule has 0 N–H and O–H groups in total. The minimum absolute atomic E-state index is 0.343. The summed E-state index contributed by atoms with van der Waals surface area (Å²) in [5.41, 5.74) is -1.05. The predicted molar refractivity (Wildman–Crippen MR) is 65.7 cm³/mol. The van der Waals surface area contributed by atoms with Gasteiger partial charge in [0.15, 0.2) is 0 Å². The third-order valence-electron chi connectivity index (χ3n) is 2.65. The summed E-state index contributed by atoms with van der Waals surface area (Å²) in [4.78, 5) is 36.7. The van der Waals surface area contributed by atoms with Gasteiger partial charge in [-0.1, -0.05) is 19.8 Å². The molecule has 0 bridgehead atoms. The van der Waals surface area contributed by atoms with Crippen LogP contribution in [0.3, 0.4) is 0 Å². The SMILES string of the molecule is CCCCC(C(=O)OC)n1cc([N+](=O)[O-])cnc1=O. The zero-order chi connectivity index (χ0) is 14.4. The molecule has 19 heavy (non-hydrogen) atoms. The normalized spacial score (nSPS) is 11.9. The van der Waals surface area contributed by atoms with Crippen LogP contribution in [0.25, 0.3) is 0 Å². The minimum Gasteiger partial charge on any atom is -0.467 e. The maximum absolute atomic E-state index is 11.7. The summed E-state index contributed by atoms with van der Waals surface area (Å²) >= 11 is 0. The number of methoxy groups -OCH3 is 1. The molecule has 0 saturated carbocycles. The Bertz CT molecular complexity index is 525. The van der Waals surface area contributed by atoms with Crippen molar-refractivity contribution in [2.75, 3.05) is 7.11 Å². The van der Waals surface area contributed by atoms with Gasteiger partial charge in [-0.3, -0.25) is 14.7 Å². The van der Waals surface area contributed by atoms with Gasteiger partial charge in [-0.15, -0.1) is 0 Å². The van der Waals surface area contributed by atoms with Crippen molar-refractivity contribution in [3.05, 3.63) is 33.0 Å². The van der Waals surface area contributed by atoms with E-state index >= 15 is 0 Å². The molecule has 104 valence electrons. The highest BCUT2D eigenvalue weighted by atomic mass is 16.6. The molecule has 0 amide bonds. The topological polar surface area (TPSA) is 104 Å². The number of hydrogen-bond donors (Lipinski definition) is 0. The molecule has 0 radical (unpaired) electrons. The number of rotatable bonds is 6. The highest BCUT2D eigenvalue weighted by molar-refractivity contribution is 5.74. The van der Waals surface area contributed by atoms with E-state index in [1.807, 2.05) is 6.92 Å². The Kier molecular flexibility index (Phi) is 5.16. The van der Waals surface area contributed by atoms with Crippen LogP contribution in [-0.4, -0.2) is 27.6 Å². The summed E-state index contributed by atoms with van der Waals surface area (Å²) in [6.07, 6.45) is 3.77. The molecule has 0 saturated heterocycles. The van der Waals surface area contributed by atoms with E-state index in [0.717, 1.165) is 23.4 Å². The van der Waals surface area contributed by atoms with Crippen LogP contribution >= 0.6 is 0 Å². The van der Waals surface area contributed by atoms with Crippen molar-refractivity contribution in [2.45, 2.75) is 32.2 Å². The first kappa shape index (κ1) is 14.8. The van der Waals surface area contributed by atoms with Gasteiger partial charge in [-0.05, 0) is 6.42 Å². The van der Waals surface area contributed by atoms with Crippen LogP contribution in [0.15, 0.2) is 17.2 Å². The minimum atomic E-state index is -0.884. The van der Waals surface area contributed by atoms with Gasteiger partial charge in [0.2, 0.25) is 0 Å². The average molecular weight is 269 g/mol. The van der Waals surface area contributed by atoms with Crippen LogP contribution in [0.1, 0.15) is 32.2 Å². The fourth-order valence-corrected chi connectivity index (χ4v) is 1.64. The molecular weight excluding hydrogens is 254 g/mol. The number of ether oxygens (including phenoxy) is 1. The summed E-state index contributed by atoms with van der Waals surface area (Å²) < 4.78 is 5.58. The Morgan fingerprint density at radius 1 is 1.63 bits per heavy atom. The number of unbranched alkanes of at least 4 members (excludes halogenated alkanes) is 1. The first-order valence-electron chi connectivity index (χ1n) is 5.81. The van der Waals surface area contributed by atoms with Crippen molar-refractivity contribution in [1.82, 2.24) is 9.55 Å². The molecule has 0 aliphatic carbocycles. The van der Waals surface area contributed by atoms with E-state index in [0.29, 0.717) is 12.8 Å². The number of hydrogen-bond acceptors (Lipinski definition) is 6. The van der Waals surface area contributed by atoms with E-state index in [1.165, 1.54) is 7.11 Å². The number of esters is 1. The lowest BCUT2D eigenvalue weighted by Gasteiger charge is -2.16. The van der Waals surface area contributed by atoms with E-state index in [1.54, 1.807) is 0 Å². The predicted octanol–water partition coefficient (Wildman–Crippen LogP) is 1.06. The van der Waals surface area contributed by atoms with Crippen molar-refractivity contribution in [3.8, 4) is 0 Å². The highest BCUT2D eigenvalue weighted by Gasteiger charge is 2.24. The van der Waals surface area contributed by atoms with Gasteiger partial charge in [0.1, 0.15) is 12.2 Å². The largest absolute Gasteiger partial charge is 0.467 e. The number of nitro groups is 1. The zero-order valence-electron chi connectivity index (χ0n) is 10.7. The number of carbonyl (C=O) groups excluding carboxylic acids is 1. The van der Waals surface area contributed by atoms with Gasteiger partial charge in [-0.2, -0.15) is 4.98 Å². The van der Waals surface area contributed by atoms with Crippen molar-refractivity contribution in [1.29, 1.82) is 0 Å². The fourth-order valence-electron chi connectivity index (χ4n) is 1.64. The quantitative estimate of drug-likeness (QED) is 0.434. The van der Waals surface area contributed by atoms with E-state index in [-0.39, 0.29) is 5.69 Å². The first-order valence-corrected chi connectivity index (χ1v) is 5.81. The Labute approximate surface area is 109 Å². The lowest BCUT2D eigenvalue weighted by Crippen LogP contribution is -2.32. The lowest BCUT2D eigenvalue weighted by atomic mass is 10.1. The molecule has 0 aliphatic heterocycles. The van der Waals surface area contributed by atoms with Crippen molar-refractivity contribution in [3.63, 3.8) is 0 Å². The zero-order valence-corrected chi connectivity index (χ0v) is 10.7. The molecule has 8 nitrogen and oxygen atoms in total. The van der Waals surface area contributed by atoms with Crippen LogP contribution in [0.5, 0.6) is 0 Å². The summed E-state index contributed by atoms with van der Waals surface area (Å²) in [5.74, 6) is -0.613. The molecule has 1 aromatic rings. The van der Waals surface area contributed by atoms with Crippen LogP contribution in [0.2, 0.25) is 0 Å². The second kappa shape index (κ2) is 6.62. The number of aromatic nitrogens is 2. The second-order valence-electron chi connectivity index (χ2n) is 3.94. The molecule has 0 aliphatic rings. The lowest BCUT2D eigenvalue weighted by molar-refractivity contribution is -0.385. The smallest absolute Gasteiger partial charge is 0.348 e. The van der Waals surface area contributed by atoms with Crippen LogP contribution in [0.4, 0.5) is 5.69 Å².